The number of halogens is 2. The first-order chi connectivity index (χ1) is 7.61. The zero-order valence-electron chi connectivity index (χ0n) is 9.19. The van der Waals surface area contributed by atoms with E-state index in [-0.39, 0.29) is 19.1 Å². The third kappa shape index (κ3) is 4.24. The fraction of sp³-hybridized carbons (Fsp3) is 0.700. The lowest BCUT2D eigenvalue weighted by atomic mass is 10.0. The average Bonchev–Trinajstić information content (AvgIpc) is 2.13. The van der Waals surface area contributed by atoms with E-state index in [0.717, 1.165) is 18.7 Å². The zero-order valence-corrected chi connectivity index (χ0v) is 9.19. The van der Waals surface area contributed by atoms with Crippen molar-refractivity contribution in [2.45, 2.75) is 13.3 Å². The van der Waals surface area contributed by atoms with Gasteiger partial charge in [-0.2, -0.15) is 0 Å². The van der Waals surface area contributed by atoms with Crippen LogP contribution in [0.2, 0.25) is 0 Å². The van der Waals surface area contributed by atoms with Crippen LogP contribution in [0.25, 0.3) is 0 Å². The van der Waals surface area contributed by atoms with Crippen LogP contribution in [0.15, 0.2) is 11.1 Å². The van der Waals surface area contributed by atoms with Crippen LogP contribution in [-0.2, 0) is 9.53 Å². The topological polar surface area (TPSA) is 50.4 Å². The van der Waals surface area contributed by atoms with E-state index < -0.39 is 13.0 Å². The smallest absolute Gasteiger partial charge is 0.261 e. The van der Waals surface area contributed by atoms with Crippen LogP contribution < -0.4 is 10.6 Å². The molecular weight excluding hydrogens is 218 g/mol. The molecular formula is C10H16F2N2O2. The third-order valence-corrected chi connectivity index (χ3v) is 2.32. The summed E-state index contributed by atoms with van der Waals surface area (Å²) < 4.78 is 28.0. The molecule has 2 N–H and O–H groups in total. The summed E-state index contributed by atoms with van der Waals surface area (Å²) in [4.78, 5) is 11.5. The second kappa shape index (κ2) is 6.55. The molecule has 1 rings (SSSR count). The molecule has 0 aromatic carbocycles. The number of rotatable bonds is 6. The first-order valence-electron chi connectivity index (χ1n) is 5.14. The minimum atomic E-state index is -2.46. The molecule has 1 amide bonds. The minimum Gasteiger partial charge on any atom is -0.374 e. The number of ether oxygens (including phenoxy) is 1. The van der Waals surface area contributed by atoms with Gasteiger partial charge < -0.3 is 15.4 Å². The van der Waals surface area contributed by atoms with E-state index in [0.29, 0.717) is 5.57 Å². The van der Waals surface area contributed by atoms with Crippen molar-refractivity contribution >= 4 is 5.91 Å². The van der Waals surface area contributed by atoms with Gasteiger partial charge >= 0.3 is 0 Å². The number of hydrogen-bond acceptors (Lipinski definition) is 3. The summed E-state index contributed by atoms with van der Waals surface area (Å²) in [6, 6.07) is 0. The summed E-state index contributed by atoms with van der Waals surface area (Å²) in [5.41, 5.74) is 1.79. The predicted molar refractivity (Wildman–Crippen MR) is 55.4 cm³/mol. The molecule has 4 nitrogen and oxygen atoms in total. The Bertz CT molecular complexity index is 274. The quantitative estimate of drug-likeness (QED) is 0.513. The van der Waals surface area contributed by atoms with E-state index in [2.05, 4.69) is 15.4 Å². The second-order valence-corrected chi connectivity index (χ2v) is 3.55. The molecule has 16 heavy (non-hydrogen) atoms. The van der Waals surface area contributed by atoms with Crippen LogP contribution in [0, 0.1) is 0 Å². The first kappa shape index (κ1) is 13.1. The molecule has 0 radical (unpaired) electrons. The summed E-state index contributed by atoms with van der Waals surface area (Å²) in [5, 5.41) is 5.65. The van der Waals surface area contributed by atoms with E-state index in [1.807, 2.05) is 0 Å². The molecule has 1 fully saturated rings. The average molecular weight is 234 g/mol. The van der Waals surface area contributed by atoms with Crippen molar-refractivity contribution in [2.24, 2.45) is 0 Å². The van der Waals surface area contributed by atoms with Crippen molar-refractivity contribution in [1.82, 2.24) is 10.6 Å². The zero-order chi connectivity index (χ0) is 12.0. The monoisotopic (exact) mass is 234 g/mol. The molecule has 0 atom stereocenters. The lowest BCUT2D eigenvalue weighted by Gasteiger charge is -2.21. The molecule has 0 aromatic heterocycles. The molecule has 92 valence electrons. The number of carbonyl (C=O) groups is 1. The molecule has 1 heterocycles. The Morgan fingerprint density at radius 2 is 2.25 bits per heavy atom. The Hall–Kier alpha value is -1.01. The Morgan fingerprint density at radius 1 is 1.56 bits per heavy atom. The van der Waals surface area contributed by atoms with Crippen LogP contribution in [0.5, 0.6) is 0 Å². The van der Waals surface area contributed by atoms with Gasteiger partial charge in [0.2, 0.25) is 5.91 Å². The van der Waals surface area contributed by atoms with Crippen LogP contribution in [0.4, 0.5) is 8.78 Å². The van der Waals surface area contributed by atoms with Gasteiger partial charge in [-0.3, -0.25) is 4.79 Å². The van der Waals surface area contributed by atoms with E-state index in [1.165, 1.54) is 0 Å². The van der Waals surface area contributed by atoms with Crippen molar-refractivity contribution in [3.05, 3.63) is 11.1 Å². The maximum atomic E-state index is 11.7. The van der Waals surface area contributed by atoms with E-state index >= 15 is 0 Å². The summed E-state index contributed by atoms with van der Waals surface area (Å²) >= 11 is 0. The van der Waals surface area contributed by atoms with Crippen LogP contribution in [0.3, 0.4) is 0 Å². The lowest BCUT2D eigenvalue weighted by molar-refractivity contribution is -0.117. The van der Waals surface area contributed by atoms with E-state index in [9.17, 15) is 13.6 Å². The van der Waals surface area contributed by atoms with Crippen molar-refractivity contribution < 1.29 is 18.3 Å². The molecule has 1 aliphatic heterocycles. The summed E-state index contributed by atoms with van der Waals surface area (Å²) in [7, 11) is 0. The van der Waals surface area contributed by atoms with Gasteiger partial charge in [-0.25, -0.2) is 8.78 Å². The highest BCUT2D eigenvalue weighted by molar-refractivity contribution is 5.93. The molecule has 0 unspecified atom stereocenters. The highest BCUT2D eigenvalue weighted by Crippen LogP contribution is 2.08. The lowest BCUT2D eigenvalue weighted by Crippen LogP contribution is -2.38. The van der Waals surface area contributed by atoms with Crippen LogP contribution >= 0.6 is 0 Å². The van der Waals surface area contributed by atoms with Gasteiger partial charge in [0.1, 0.15) is 6.61 Å². The highest BCUT2D eigenvalue weighted by Gasteiger charge is 2.15. The van der Waals surface area contributed by atoms with Gasteiger partial charge in [0.15, 0.2) is 0 Å². The fourth-order valence-corrected chi connectivity index (χ4v) is 1.22. The minimum absolute atomic E-state index is 0.108. The second-order valence-electron chi connectivity index (χ2n) is 3.55. The van der Waals surface area contributed by atoms with Crippen LogP contribution in [-0.4, -0.2) is 45.2 Å². The largest absolute Gasteiger partial charge is 0.374 e. The number of carbonyl (C=O) groups excluding carboxylic acids is 1. The van der Waals surface area contributed by atoms with E-state index in [1.54, 1.807) is 6.92 Å². The Morgan fingerprint density at radius 3 is 2.75 bits per heavy atom. The van der Waals surface area contributed by atoms with Gasteiger partial charge in [-0.1, -0.05) is 0 Å². The van der Waals surface area contributed by atoms with Gasteiger partial charge in [-0.05, 0) is 12.5 Å². The first-order valence-corrected chi connectivity index (χ1v) is 5.14. The number of hydrogen-bond donors (Lipinski definition) is 2. The predicted octanol–water partition coefficient (Wildman–Crippen LogP) is 0.304. The molecule has 0 bridgehead atoms. The summed E-state index contributed by atoms with van der Waals surface area (Å²) in [6.07, 6.45) is -2.46. The fourth-order valence-electron chi connectivity index (χ4n) is 1.22. The van der Waals surface area contributed by atoms with Gasteiger partial charge in [0.05, 0.1) is 6.61 Å². The van der Waals surface area contributed by atoms with Gasteiger partial charge in [0, 0.05) is 25.2 Å². The molecule has 6 heteroatoms. The molecule has 0 aliphatic carbocycles. The molecule has 1 aliphatic rings. The molecule has 0 aromatic rings. The van der Waals surface area contributed by atoms with Gasteiger partial charge in [0.25, 0.3) is 6.43 Å². The van der Waals surface area contributed by atoms with Crippen LogP contribution in [0.1, 0.15) is 6.92 Å². The Balaban J connectivity index is 2.11. The molecule has 0 saturated carbocycles. The molecule has 1 saturated heterocycles. The standard InChI is InChI=1S/C10H16F2N2O2/c1-7(8-4-13-5-8)10(15)14-2-3-16-6-9(11)12/h9,13H,2-6H2,1H3,(H,14,15). The Kier molecular flexibility index (Phi) is 5.34. The van der Waals surface area contributed by atoms with Crippen molar-refractivity contribution in [3.63, 3.8) is 0 Å². The SMILES string of the molecule is CC(C(=O)NCCOCC(F)F)=C1CNC1. The maximum absolute atomic E-state index is 11.7. The van der Waals surface area contributed by atoms with Crippen molar-refractivity contribution in [3.8, 4) is 0 Å². The number of alkyl halides is 2. The van der Waals surface area contributed by atoms with Crippen molar-refractivity contribution in [1.29, 1.82) is 0 Å². The Labute approximate surface area is 93.0 Å². The number of nitrogens with one attached hydrogen (secondary N) is 2. The molecule has 0 spiro atoms. The summed E-state index contributed by atoms with van der Waals surface area (Å²) in [6.45, 7) is 3.04. The summed E-state index contributed by atoms with van der Waals surface area (Å²) in [5.74, 6) is -0.155. The third-order valence-electron chi connectivity index (χ3n) is 2.32. The highest BCUT2D eigenvalue weighted by atomic mass is 19.3. The van der Waals surface area contributed by atoms with E-state index in [4.69, 9.17) is 0 Å². The maximum Gasteiger partial charge on any atom is 0.261 e. The normalized spacial score (nSPS) is 14.9. The van der Waals surface area contributed by atoms with Crippen molar-refractivity contribution in [2.75, 3.05) is 32.8 Å². The number of amides is 1. The van der Waals surface area contributed by atoms with Gasteiger partial charge in [-0.15, -0.1) is 0 Å².